The Hall–Kier alpha value is -0.390. The number of hydrogen-bond acceptors (Lipinski definition) is 1. The van der Waals surface area contributed by atoms with Crippen LogP contribution in [0, 0.1) is 6.92 Å². The minimum atomic E-state index is -5.53. The van der Waals surface area contributed by atoms with E-state index in [0.717, 1.165) is 32.1 Å². The molecule has 6 heteroatoms. The molecule has 0 atom stereocenters. The summed E-state index contributed by atoms with van der Waals surface area (Å²) in [5.74, 6) is -4.75. The van der Waals surface area contributed by atoms with Crippen LogP contribution in [0.1, 0.15) is 38.5 Å². The fourth-order valence-corrected chi connectivity index (χ4v) is 1.19. The maximum Gasteiger partial charge on any atom is 0.455 e. The van der Waals surface area contributed by atoms with Gasteiger partial charge in [-0.15, -0.1) is 0 Å². The summed E-state index contributed by atoms with van der Waals surface area (Å²) < 4.78 is 64.2. The highest BCUT2D eigenvalue weighted by atomic mass is 19.4. The van der Waals surface area contributed by atoms with Gasteiger partial charge >= 0.3 is 12.1 Å². The Morgan fingerprint density at radius 3 is 1.88 bits per heavy atom. The van der Waals surface area contributed by atoms with Crippen molar-refractivity contribution in [2.24, 2.45) is 0 Å². The maximum absolute atomic E-state index is 12.3. The van der Waals surface area contributed by atoms with Crippen molar-refractivity contribution in [2.45, 2.75) is 50.6 Å². The van der Waals surface area contributed by atoms with E-state index in [-0.39, 0.29) is 6.61 Å². The maximum atomic E-state index is 12.3. The predicted octanol–water partition coefficient (Wildman–Crippen LogP) is 4.38. The second-order valence-corrected chi connectivity index (χ2v) is 3.88. The summed E-state index contributed by atoms with van der Waals surface area (Å²) in [6, 6.07) is 0. The van der Waals surface area contributed by atoms with Gasteiger partial charge in [0.25, 0.3) is 0 Å². The monoisotopic (exact) mass is 261 g/mol. The number of halogens is 5. The van der Waals surface area contributed by atoms with Crippen LogP contribution in [0.3, 0.4) is 0 Å². The third-order valence-corrected chi connectivity index (χ3v) is 2.24. The number of ether oxygens (including phenoxy) is 1. The quantitative estimate of drug-likeness (QED) is 0.442. The molecule has 0 spiro atoms. The summed E-state index contributed by atoms with van der Waals surface area (Å²) in [5, 5.41) is 0. The highest BCUT2D eigenvalue weighted by Gasteiger charge is 2.57. The molecule has 0 saturated carbocycles. The van der Waals surface area contributed by atoms with Crippen LogP contribution in [-0.2, 0) is 4.74 Å². The molecule has 0 aromatic carbocycles. The largest absolute Gasteiger partial charge is 0.455 e. The summed E-state index contributed by atoms with van der Waals surface area (Å²) in [6.45, 7) is 2.02. The molecule has 0 fully saturated rings. The van der Waals surface area contributed by atoms with E-state index in [2.05, 4.69) is 11.7 Å². The summed E-state index contributed by atoms with van der Waals surface area (Å²) in [7, 11) is 0. The van der Waals surface area contributed by atoms with Gasteiger partial charge in [-0.25, -0.2) is 0 Å². The average Bonchev–Trinajstić information content (AvgIpc) is 2.20. The molecule has 0 aromatic rings. The van der Waals surface area contributed by atoms with Crippen molar-refractivity contribution in [1.82, 2.24) is 0 Å². The summed E-state index contributed by atoms with van der Waals surface area (Å²) in [6.07, 6.45) is -0.456. The Kier molecular flexibility index (Phi) is 7.66. The Bertz CT molecular complexity index is 191. The van der Waals surface area contributed by atoms with Crippen LogP contribution in [-0.4, -0.2) is 25.3 Å². The molecule has 0 aliphatic carbocycles. The first kappa shape index (κ1) is 16.6. The summed E-state index contributed by atoms with van der Waals surface area (Å²) in [4.78, 5) is 0. The van der Waals surface area contributed by atoms with Crippen LogP contribution in [0.15, 0.2) is 0 Å². The van der Waals surface area contributed by atoms with E-state index in [0.29, 0.717) is 6.42 Å². The molecular weight excluding hydrogens is 243 g/mol. The number of rotatable bonds is 9. The lowest BCUT2D eigenvalue weighted by Gasteiger charge is -2.19. The van der Waals surface area contributed by atoms with E-state index in [1.807, 2.05) is 0 Å². The summed E-state index contributed by atoms with van der Waals surface area (Å²) in [5.41, 5.74) is 0. The molecule has 0 bridgehead atoms. The van der Waals surface area contributed by atoms with Crippen LogP contribution < -0.4 is 0 Å². The molecule has 0 saturated heterocycles. The molecule has 0 aliphatic heterocycles. The number of alkyl halides is 5. The van der Waals surface area contributed by atoms with E-state index in [1.54, 1.807) is 0 Å². The lowest BCUT2D eigenvalue weighted by molar-refractivity contribution is -0.296. The van der Waals surface area contributed by atoms with Gasteiger partial charge in [0.15, 0.2) is 0 Å². The van der Waals surface area contributed by atoms with Gasteiger partial charge in [-0.2, -0.15) is 22.0 Å². The first-order valence-electron chi connectivity index (χ1n) is 5.63. The van der Waals surface area contributed by atoms with Gasteiger partial charge in [-0.3, -0.25) is 0 Å². The molecular formula is C11H18F5O. The van der Waals surface area contributed by atoms with Crippen LogP contribution in [0.4, 0.5) is 22.0 Å². The zero-order chi connectivity index (χ0) is 13.4. The van der Waals surface area contributed by atoms with Crippen LogP contribution in [0.25, 0.3) is 0 Å². The van der Waals surface area contributed by atoms with Crippen molar-refractivity contribution in [2.75, 3.05) is 13.2 Å². The van der Waals surface area contributed by atoms with Crippen molar-refractivity contribution < 1.29 is 26.7 Å². The zero-order valence-corrected chi connectivity index (χ0v) is 9.66. The Balaban J connectivity index is 3.46. The van der Waals surface area contributed by atoms with Crippen molar-refractivity contribution in [3.05, 3.63) is 6.92 Å². The molecule has 0 amide bonds. The normalized spacial score (nSPS) is 13.1. The lowest BCUT2D eigenvalue weighted by atomic mass is 10.1. The number of unbranched alkanes of at least 4 members (excludes halogenated alkanes) is 5. The van der Waals surface area contributed by atoms with Gasteiger partial charge in [0.05, 0.1) is 0 Å². The van der Waals surface area contributed by atoms with Crippen LogP contribution in [0.5, 0.6) is 0 Å². The van der Waals surface area contributed by atoms with Gasteiger partial charge in [0.2, 0.25) is 0 Å². The fraction of sp³-hybridized carbons (Fsp3) is 0.909. The van der Waals surface area contributed by atoms with E-state index in [9.17, 15) is 22.0 Å². The molecule has 0 aliphatic rings. The number of hydrogen-bond donors (Lipinski definition) is 0. The lowest BCUT2D eigenvalue weighted by Crippen LogP contribution is -2.40. The summed E-state index contributed by atoms with van der Waals surface area (Å²) >= 11 is 0. The highest BCUT2D eigenvalue weighted by molar-refractivity contribution is 4.74. The Morgan fingerprint density at radius 2 is 1.35 bits per heavy atom. The van der Waals surface area contributed by atoms with Crippen molar-refractivity contribution >= 4 is 0 Å². The van der Waals surface area contributed by atoms with Crippen LogP contribution >= 0.6 is 0 Å². The minimum Gasteiger partial charge on any atom is -0.375 e. The topological polar surface area (TPSA) is 9.23 Å². The van der Waals surface area contributed by atoms with Gasteiger partial charge in [-0.1, -0.05) is 39.0 Å². The molecule has 1 nitrogen and oxygen atoms in total. The average molecular weight is 261 g/mol. The van der Waals surface area contributed by atoms with Crippen molar-refractivity contribution in [3.8, 4) is 0 Å². The van der Waals surface area contributed by atoms with Gasteiger partial charge in [-0.05, 0) is 6.42 Å². The molecule has 0 N–H and O–H groups in total. The second-order valence-electron chi connectivity index (χ2n) is 3.88. The molecule has 103 valence electrons. The van der Waals surface area contributed by atoms with E-state index in [1.165, 1.54) is 0 Å². The van der Waals surface area contributed by atoms with Crippen LogP contribution in [0.2, 0.25) is 0 Å². The fourth-order valence-electron chi connectivity index (χ4n) is 1.19. The minimum absolute atomic E-state index is 0.0595. The molecule has 17 heavy (non-hydrogen) atoms. The van der Waals surface area contributed by atoms with Gasteiger partial charge < -0.3 is 4.74 Å². The van der Waals surface area contributed by atoms with Crippen molar-refractivity contribution in [1.29, 1.82) is 0 Å². The van der Waals surface area contributed by atoms with Gasteiger partial charge in [0, 0.05) is 6.61 Å². The zero-order valence-electron chi connectivity index (χ0n) is 9.66. The molecule has 0 heterocycles. The van der Waals surface area contributed by atoms with Crippen molar-refractivity contribution in [3.63, 3.8) is 0 Å². The molecule has 0 unspecified atom stereocenters. The Labute approximate surface area is 98.3 Å². The first-order chi connectivity index (χ1) is 7.81. The third-order valence-electron chi connectivity index (χ3n) is 2.24. The van der Waals surface area contributed by atoms with Gasteiger partial charge in [0.1, 0.15) is 6.61 Å². The molecule has 0 aromatic heterocycles. The first-order valence-corrected chi connectivity index (χ1v) is 5.63. The van der Waals surface area contributed by atoms with E-state index in [4.69, 9.17) is 0 Å². The standard InChI is InChI=1S/C11H18F5O/c1-2-3-4-5-6-7-8-17-9-10(12,13)11(14,15)16/h1-9H2. The molecule has 0 rings (SSSR count). The van der Waals surface area contributed by atoms with E-state index < -0.39 is 18.7 Å². The SMILES string of the molecule is [CH2]CCCCCCCOCC(F)(F)C(F)(F)F. The highest BCUT2D eigenvalue weighted by Crippen LogP contribution is 2.35. The smallest absolute Gasteiger partial charge is 0.375 e. The Morgan fingerprint density at radius 1 is 0.824 bits per heavy atom. The predicted molar refractivity (Wildman–Crippen MR) is 54.9 cm³/mol. The second kappa shape index (κ2) is 7.84. The third kappa shape index (κ3) is 7.52. The van der Waals surface area contributed by atoms with E-state index >= 15 is 0 Å². The molecule has 1 radical (unpaired) electrons.